The minimum absolute atomic E-state index is 0.0754. The normalized spacial score (nSPS) is 14.9. The molecule has 2 aromatic heterocycles. The van der Waals surface area contributed by atoms with Crippen molar-refractivity contribution < 1.29 is 9.32 Å². The van der Waals surface area contributed by atoms with E-state index in [-0.39, 0.29) is 12.5 Å². The van der Waals surface area contributed by atoms with Gasteiger partial charge in [0, 0.05) is 37.1 Å². The number of carbonyl (C=O) groups excluding carboxylic acids is 1. The molecule has 2 aromatic carbocycles. The summed E-state index contributed by atoms with van der Waals surface area (Å²) in [5, 5.41) is 9.74. The van der Waals surface area contributed by atoms with Gasteiger partial charge in [0.2, 0.25) is 11.7 Å². The van der Waals surface area contributed by atoms with E-state index in [1.54, 1.807) is 4.68 Å². The Kier molecular flexibility index (Phi) is 5.45. The van der Waals surface area contributed by atoms with E-state index in [1.165, 1.54) is 5.56 Å². The first-order valence-electron chi connectivity index (χ1n) is 11.0. The molecular weight excluding hydrogens is 404 g/mol. The number of piperazine rings is 1. The van der Waals surface area contributed by atoms with Crippen LogP contribution in [0.2, 0.25) is 0 Å². The van der Waals surface area contributed by atoms with Crippen LogP contribution in [-0.2, 0) is 11.3 Å². The first-order valence-corrected chi connectivity index (χ1v) is 11.0. The predicted molar refractivity (Wildman–Crippen MR) is 122 cm³/mol. The molecule has 1 amide bonds. The molecule has 0 bridgehead atoms. The van der Waals surface area contributed by atoms with E-state index < -0.39 is 0 Å². The number of hydrogen-bond donors (Lipinski definition) is 0. The molecule has 0 spiro atoms. The van der Waals surface area contributed by atoms with Crippen LogP contribution in [0.15, 0.2) is 53.1 Å². The molecule has 0 N–H and O–H groups in total. The number of likely N-dealkylation sites (N-methyl/N-ethyl adjacent to an activating group) is 1. The molecule has 32 heavy (non-hydrogen) atoms. The zero-order valence-electron chi connectivity index (χ0n) is 18.4. The highest BCUT2D eigenvalue weighted by Gasteiger charge is 2.23. The second kappa shape index (κ2) is 8.55. The Morgan fingerprint density at radius 1 is 1.03 bits per heavy atom. The molecule has 0 saturated carbocycles. The number of aryl methyl sites for hydroxylation is 1. The first kappa shape index (κ1) is 20.4. The van der Waals surface area contributed by atoms with Gasteiger partial charge in [0.25, 0.3) is 5.89 Å². The van der Waals surface area contributed by atoms with E-state index in [0.29, 0.717) is 17.4 Å². The van der Waals surface area contributed by atoms with Crippen molar-refractivity contribution in [3.05, 3.63) is 54.1 Å². The number of hydrogen-bond acceptors (Lipinski definition) is 6. The van der Waals surface area contributed by atoms with E-state index in [4.69, 9.17) is 9.62 Å². The summed E-state index contributed by atoms with van der Waals surface area (Å²) in [7, 11) is 0. The van der Waals surface area contributed by atoms with E-state index >= 15 is 0 Å². The van der Waals surface area contributed by atoms with Crippen LogP contribution in [0.5, 0.6) is 0 Å². The standard InChI is InChI=1S/C24H26N6O2/c1-3-28-12-14-29(15-13-28)21(31)16-30-20-7-5-4-6-19(20)22(26-30)24-25-23(27-32-24)18-10-8-17(2)9-11-18/h4-11H,3,12-16H2,1-2H3. The molecule has 3 heterocycles. The highest BCUT2D eigenvalue weighted by atomic mass is 16.5. The molecule has 8 heteroatoms. The first-order chi connectivity index (χ1) is 15.6. The fraction of sp³-hybridized carbons (Fsp3) is 0.333. The van der Waals surface area contributed by atoms with Gasteiger partial charge in [0.1, 0.15) is 6.54 Å². The third-order valence-corrected chi connectivity index (χ3v) is 6.05. The van der Waals surface area contributed by atoms with Gasteiger partial charge >= 0.3 is 0 Å². The van der Waals surface area contributed by atoms with Crippen molar-refractivity contribution in [2.45, 2.75) is 20.4 Å². The van der Waals surface area contributed by atoms with Crippen LogP contribution >= 0.6 is 0 Å². The maximum absolute atomic E-state index is 13.0. The Morgan fingerprint density at radius 3 is 2.53 bits per heavy atom. The van der Waals surface area contributed by atoms with Gasteiger partial charge in [-0.25, -0.2) is 0 Å². The number of amides is 1. The number of rotatable bonds is 5. The second-order valence-corrected chi connectivity index (χ2v) is 8.13. The lowest BCUT2D eigenvalue weighted by Gasteiger charge is -2.34. The predicted octanol–water partition coefficient (Wildman–Crippen LogP) is 3.23. The molecule has 0 atom stereocenters. The lowest BCUT2D eigenvalue weighted by molar-refractivity contribution is -0.133. The molecule has 5 rings (SSSR count). The zero-order chi connectivity index (χ0) is 22.1. The van der Waals surface area contributed by atoms with Gasteiger partial charge in [0.15, 0.2) is 5.69 Å². The minimum atomic E-state index is 0.0754. The lowest BCUT2D eigenvalue weighted by atomic mass is 10.1. The average Bonchev–Trinajstić information content (AvgIpc) is 3.45. The van der Waals surface area contributed by atoms with Crippen LogP contribution in [0.3, 0.4) is 0 Å². The van der Waals surface area contributed by atoms with Crippen molar-refractivity contribution >= 4 is 16.8 Å². The van der Waals surface area contributed by atoms with Gasteiger partial charge < -0.3 is 14.3 Å². The minimum Gasteiger partial charge on any atom is -0.339 e. The van der Waals surface area contributed by atoms with E-state index in [2.05, 4.69) is 22.0 Å². The average molecular weight is 431 g/mol. The summed E-state index contributed by atoms with van der Waals surface area (Å²) in [6.07, 6.45) is 0. The zero-order valence-corrected chi connectivity index (χ0v) is 18.4. The van der Waals surface area contributed by atoms with Crippen molar-refractivity contribution in [2.75, 3.05) is 32.7 Å². The Bertz CT molecular complexity index is 1240. The van der Waals surface area contributed by atoms with Crippen molar-refractivity contribution in [1.82, 2.24) is 29.7 Å². The van der Waals surface area contributed by atoms with Gasteiger partial charge in [-0.2, -0.15) is 10.1 Å². The molecular formula is C24H26N6O2. The van der Waals surface area contributed by atoms with Gasteiger partial charge in [-0.15, -0.1) is 0 Å². The SMILES string of the molecule is CCN1CCN(C(=O)Cn2nc(-c3nc(-c4ccc(C)cc4)no3)c3ccccc32)CC1. The molecule has 1 fully saturated rings. The van der Waals surface area contributed by atoms with Crippen molar-refractivity contribution in [3.63, 3.8) is 0 Å². The maximum atomic E-state index is 13.0. The highest BCUT2D eigenvalue weighted by molar-refractivity contribution is 5.92. The van der Waals surface area contributed by atoms with Crippen LogP contribution in [0.1, 0.15) is 12.5 Å². The second-order valence-electron chi connectivity index (χ2n) is 8.13. The summed E-state index contributed by atoms with van der Waals surface area (Å²) in [5.41, 5.74) is 3.52. The fourth-order valence-electron chi connectivity index (χ4n) is 4.09. The monoisotopic (exact) mass is 430 g/mol. The molecule has 0 unspecified atom stereocenters. The molecule has 1 aliphatic rings. The Morgan fingerprint density at radius 2 is 1.78 bits per heavy atom. The van der Waals surface area contributed by atoms with Crippen LogP contribution < -0.4 is 0 Å². The van der Waals surface area contributed by atoms with Crippen molar-refractivity contribution in [2.24, 2.45) is 0 Å². The summed E-state index contributed by atoms with van der Waals surface area (Å²) >= 11 is 0. The highest BCUT2D eigenvalue weighted by Crippen LogP contribution is 2.28. The van der Waals surface area contributed by atoms with Gasteiger partial charge in [-0.3, -0.25) is 9.48 Å². The van der Waals surface area contributed by atoms with Gasteiger partial charge in [-0.1, -0.05) is 60.1 Å². The number of carbonyl (C=O) groups is 1. The van der Waals surface area contributed by atoms with Crippen LogP contribution in [0, 0.1) is 6.92 Å². The third kappa shape index (κ3) is 3.89. The van der Waals surface area contributed by atoms with Crippen LogP contribution in [0.4, 0.5) is 0 Å². The third-order valence-electron chi connectivity index (χ3n) is 6.05. The maximum Gasteiger partial charge on any atom is 0.279 e. The molecule has 0 radical (unpaired) electrons. The number of fused-ring (bicyclic) bond motifs is 1. The summed E-state index contributed by atoms with van der Waals surface area (Å²) < 4.78 is 7.31. The van der Waals surface area contributed by atoms with Gasteiger partial charge in [0.05, 0.1) is 5.52 Å². The smallest absolute Gasteiger partial charge is 0.279 e. The summed E-state index contributed by atoms with van der Waals surface area (Å²) in [5.74, 6) is 0.939. The Labute approximate surface area is 186 Å². The molecule has 4 aromatic rings. The molecule has 0 aliphatic carbocycles. The quantitative estimate of drug-likeness (QED) is 0.484. The molecule has 1 aliphatic heterocycles. The number of aromatic nitrogens is 4. The molecule has 8 nitrogen and oxygen atoms in total. The Hall–Kier alpha value is -3.52. The fourth-order valence-corrected chi connectivity index (χ4v) is 4.09. The number of nitrogens with zero attached hydrogens (tertiary/aromatic N) is 6. The number of benzene rings is 2. The van der Waals surface area contributed by atoms with E-state index in [0.717, 1.165) is 49.2 Å². The number of para-hydroxylation sites is 1. The van der Waals surface area contributed by atoms with Crippen LogP contribution in [0.25, 0.3) is 33.9 Å². The molecule has 164 valence electrons. The van der Waals surface area contributed by atoms with Crippen molar-refractivity contribution in [3.8, 4) is 23.0 Å². The van der Waals surface area contributed by atoms with E-state index in [1.807, 2.05) is 60.4 Å². The molecule has 1 saturated heterocycles. The summed E-state index contributed by atoms with van der Waals surface area (Å²) in [4.78, 5) is 21.8. The lowest BCUT2D eigenvalue weighted by Crippen LogP contribution is -2.49. The Balaban J connectivity index is 1.42. The van der Waals surface area contributed by atoms with Crippen LogP contribution in [-0.4, -0.2) is 68.4 Å². The van der Waals surface area contributed by atoms with Gasteiger partial charge in [-0.05, 0) is 19.5 Å². The summed E-state index contributed by atoms with van der Waals surface area (Å²) in [6.45, 7) is 8.72. The van der Waals surface area contributed by atoms with Crippen molar-refractivity contribution in [1.29, 1.82) is 0 Å². The van der Waals surface area contributed by atoms with E-state index in [9.17, 15) is 4.79 Å². The summed E-state index contributed by atoms with van der Waals surface area (Å²) in [6, 6.07) is 15.8. The topological polar surface area (TPSA) is 80.3 Å². The largest absolute Gasteiger partial charge is 0.339 e.